The lowest BCUT2D eigenvalue weighted by Gasteiger charge is -2.26. The van der Waals surface area contributed by atoms with Crippen LogP contribution in [0.3, 0.4) is 0 Å². The van der Waals surface area contributed by atoms with Crippen molar-refractivity contribution in [2.24, 2.45) is 5.92 Å². The Kier molecular flexibility index (Phi) is 5.02. The first-order valence-corrected chi connectivity index (χ1v) is 8.54. The maximum atomic E-state index is 11.6. The molecule has 1 aliphatic carbocycles. The molecule has 0 saturated heterocycles. The predicted molar refractivity (Wildman–Crippen MR) is 73.0 cm³/mol. The number of hydrogen-bond donors (Lipinski definition) is 1. The number of sulfone groups is 1. The highest BCUT2D eigenvalue weighted by Crippen LogP contribution is 2.23. The minimum absolute atomic E-state index is 0.501. The van der Waals surface area contributed by atoms with Gasteiger partial charge in [-0.15, -0.1) is 0 Å². The zero-order valence-electron chi connectivity index (χ0n) is 11.6. The van der Waals surface area contributed by atoms with E-state index in [1.165, 1.54) is 38.4 Å². The minimum Gasteiger partial charge on any atom is -0.312 e. The van der Waals surface area contributed by atoms with Gasteiger partial charge in [-0.1, -0.05) is 19.8 Å². The molecule has 1 saturated carbocycles. The molecule has 1 fully saturated rings. The van der Waals surface area contributed by atoms with Crippen molar-refractivity contribution in [1.82, 2.24) is 5.32 Å². The summed E-state index contributed by atoms with van der Waals surface area (Å²) in [6, 6.07) is 0.501. The van der Waals surface area contributed by atoms with Gasteiger partial charge in [0, 0.05) is 18.8 Å². The van der Waals surface area contributed by atoms with Crippen molar-refractivity contribution in [3.63, 3.8) is 0 Å². The van der Waals surface area contributed by atoms with Crippen LogP contribution < -0.4 is 5.32 Å². The Morgan fingerprint density at radius 3 is 2.41 bits per heavy atom. The van der Waals surface area contributed by atoms with Crippen molar-refractivity contribution >= 4 is 9.84 Å². The Morgan fingerprint density at radius 1 is 1.18 bits per heavy atom. The van der Waals surface area contributed by atoms with Gasteiger partial charge in [-0.3, -0.25) is 0 Å². The van der Waals surface area contributed by atoms with Crippen molar-refractivity contribution in [1.29, 1.82) is 0 Å². The van der Waals surface area contributed by atoms with Crippen LogP contribution in [0.5, 0.6) is 0 Å². The fourth-order valence-electron chi connectivity index (χ4n) is 2.21. The van der Waals surface area contributed by atoms with Crippen LogP contribution in [0.4, 0.5) is 0 Å². The van der Waals surface area contributed by atoms with E-state index in [0.717, 1.165) is 5.92 Å². The fraction of sp³-hybridized carbons (Fsp3) is 1.00. The summed E-state index contributed by atoms with van der Waals surface area (Å²) in [4.78, 5) is 0. The molecular weight excluding hydrogens is 234 g/mol. The van der Waals surface area contributed by atoms with Gasteiger partial charge in [-0.05, 0) is 39.0 Å². The van der Waals surface area contributed by atoms with Gasteiger partial charge in [0.15, 0.2) is 9.84 Å². The van der Waals surface area contributed by atoms with Gasteiger partial charge in [0.2, 0.25) is 0 Å². The van der Waals surface area contributed by atoms with Crippen LogP contribution in [0.2, 0.25) is 0 Å². The third-order valence-corrected chi connectivity index (χ3v) is 6.23. The van der Waals surface area contributed by atoms with Gasteiger partial charge in [0.1, 0.15) is 0 Å². The number of hydrogen-bond acceptors (Lipinski definition) is 3. The minimum atomic E-state index is -2.99. The van der Waals surface area contributed by atoms with E-state index in [2.05, 4.69) is 12.2 Å². The quantitative estimate of drug-likeness (QED) is 0.790. The fourth-order valence-corrected chi connectivity index (χ4v) is 2.56. The lowest BCUT2D eigenvalue weighted by Crippen LogP contribution is -2.45. The van der Waals surface area contributed by atoms with Crippen LogP contribution in [0.15, 0.2) is 0 Å². The molecule has 102 valence electrons. The summed E-state index contributed by atoms with van der Waals surface area (Å²) in [7, 11) is -2.99. The van der Waals surface area contributed by atoms with Crippen LogP contribution >= 0.6 is 0 Å². The maximum absolute atomic E-state index is 11.6. The van der Waals surface area contributed by atoms with Crippen LogP contribution in [-0.2, 0) is 9.84 Å². The van der Waals surface area contributed by atoms with E-state index in [0.29, 0.717) is 12.6 Å². The highest BCUT2D eigenvalue weighted by atomic mass is 32.2. The first-order chi connectivity index (χ1) is 7.72. The molecule has 2 atom stereocenters. The van der Waals surface area contributed by atoms with Crippen LogP contribution in [-0.4, -0.2) is 32.0 Å². The van der Waals surface area contributed by atoms with Crippen LogP contribution in [0, 0.1) is 5.92 Å². The third kappa shape index (κ3) is 4.59. The molecule has 0 heterocycles. The Labute approximate surface area is 106 Å². The molecule has 0 radical (unpaired) electrons. The van der Waals surface area contributed by atoms with E-state index in [9.17, 15) is 8.42 Å². The van der Waals surface area contributed by atoms with Gasteiger partial charge in [-0.2, -0.15) is 0 Å². The van der Waals surface area contributed by atoms with Crippen LogP contribution in [0.25, 0.3) is 0 Å². The average Bonchev–Trinajstić information content (AvgIpc) is 2.38. The van der Waals surface area contributed by atoms with Crippen LogP contribution in [0.1, 0.15) is 52.9 Å². The molecule has 0 aromatic carbocycles. The molecule has 3 nitrogen and oxygen atoms in total. The summed E-state index contributed by atoms with van der Waals surface area (Å²) < 4.78 is 22.5. The highest BCUT2D eigenvalue weighted by Gasteiger charge is 2.30. The van der Waals surface area contributed by atoms with Gasteiger partial charge in [0.05, 0.1) is 4.75 Å². The molecule has 1 rings (SSSR count). The van der Waals surface area contributed by atoms with E-state index >= 15 is 0 Å². The van der Waals surface area contributed by atoms with Gasteiger partial charge in [-0.25, -0.2) is 8.42 Å². The van der Waals surface area contributed by atoms with Gasteiger partial charge >= 0.3 is 0 Å². The number of nitrogens with one attached hydrogen (secondary N) is 1. The molecular formula is C13H27NO2S. The Balaban J connectivity index is 2.45. The summed E-state index contributed by atoms with van der Waals surface area (Å²) in [5, 5.41) is 3.45. The molecule has 0 aromatic rings. The van der Waals surface area contributed by atoms with E-state index in [-0.39, 0.29) is 0 Å². The molecule has 4 heteroatoms. The first kappa shape index (κ1) is 15.0. The summed E-state index contributed by atoms with van der Waals surface area (Å²) in [6.45, 7) is 6.47. The molecule has 1 aliphatic rings. The topological polar surface area (TPSA) is 46.2 Å². The highest BCUT2D eigenvalue weighted by molar-refractivity contribution is 7.92. The molecule has 0 amide bonds. The second-order valence-corrected chi connectivity index (χ2v) is 8.87. The first-order valence-electron chi connectivity index (χ1n) is 6.65. The average molecular weight is 261 g/mol. The molecule has 17 heavy (non-hydrogen) atoms. The normalized spacial score (nSPS) is 27.8. The Bertz CT molecular complexity index is 335. The van der Waals surface area contributed by atoms with Crippen molar-refractivity contribution in [2.75, 3.05) is 12.8 Å². The zero-order chi connectivity index (χ0) is 13.1. The SMILES string of the molecule is CC1CCCC(NCC(C)(C)S(C)(=O)=O)CC1. The van der Waals surface area contributed by atoms with Gasteiger partial charge < -0.3 is 5.32 Å². The summed E-state index contributed by atoms with van der Waals surface area (Å²) in [5.74, 6) is 0.824. The summed E-state index contributed by atoms with van der Waals surface area (Å²) in [6.07, 6.45) is 7.53. The summed E-state index contributed by atoms with van der Waals surface area (Å²) >= 11 is 0. The van der Waals surface area contributed by atoms with Crippen molar-refractivity contribution in [2.45, 2.75) is 63.7 Å². The van der Waals surface area contributed by atoms with E-state index < -0.39 is 14.6 Å². The molecule has 0 bridgehead atoms. The largest absolute Gasteiger partial charge is 0.312 e. The van der Waals surface area contributed by atoms with E-state index in [1.54, 1.807) is 13.8 Å². The van der Waals surface area contributed by atoms with Crippen molar-refractivity contribution in [3.8, 4) is 0 Å². The Morgan fingerprint density at radius 2 is 1.82 bits per heavy atom. The Hall–Kier alpha value is -0.0900. The number of rotatable bonds is 4. The second-order valence-electron chi connectivity index (χ2n) is 6.22. The van der Waals surface area contributed by atoms with E-state index in [1.807, 2.05) is 0 Å². The molecule has 0 aliphatic heterocycles. The van der Waals surface area contributed by atoms with E-state index in [4.69, 9.17) is 0 Å². The molecule has 0 aromatic heterocycles. The standard InChI is InChI=1S/C13H27NO2S/c1-11-6-5-7-12(9-8-11)14-10-13(2,3)17(4,15)16/h11-12,14H,5-10H2,1-4H3. The molecule has 1 N–H and O–H groups in total. The maximum Gasteiger partial charge on any atom is 0.153 e. The van der Waals surface area contributed by atoms with Crippen molar-refractivity contribution < 1.29 is 8.42 Å². The smallest absolute Gasteiger partial charge is 0.153 e. The predicted octanol–water partition coefficient (Wildman–Crippen LogP) is 2.37. The third-order valence-electron chi connectivity index (χ3n) is 4.08. The second kappa shape index (κ2) is 5.70. The monoisotopic (exact) mass is 261 g/mol. The zero-order valence-corrected chi connectivity index (χ0v) is 12.4. The molecule has 2 unspecified atom stereocenters. The molecule has 0 spiro atoms. The lowest BCUT2D eigenvalue weighted by atomic mass is 10.0. The lowest BCUT2D eigenvalue weighted by molar-refractivity contribution is 0.422. The summed E-state index contributed by atoms with van der Waals surface area (Å²) in [5.41, 5.74) is 0. The van der Waals surface area contributed by atoms with Gasteiger partial charge in [0.25, 0.3) is 0 Å². The van der Waals surface area contributed by atoms with Crippen molar-refractivity contribution in [3.05, 3.63) is 0 Å².